The number of carbonyl (C=O) groups excluding carboxylic acids is 1. The van der Waals surface area contributed by atoms with Crippen molar-refractivity contribution >= 4 is 34.7 Å². The Morgan fingerprint density at radius 3 is 2.81 bits per heavy atom. The molecule has 0 unspecified atom stereocenters. The highest BCUT2D eigenvalue weighted by molar-refractivity contribution is 6.31. The molecular weight excluding hydrogens is 360 g/mol. The molecule has 6 heteroatoms. The lowest BCUT2D eigenvalue weighted by Gasteiger charge is -2.30. The van der Waals surface area contributed by atoms with E-state index in [1.54, 1.807) is 18.3 Å². The average Bonchev–Trinajstić information content (AvgIpc) is 2.70. The number of nitrogens with zero attached hydrogens (tertiary/aromatic N) is 3. The number of fused-ring (bicyclic) bond motifs is 1. The Morgan fingerprint density at radius 1 is 1.15 bits per heavy atom. The quantitative estimate of drug-likeness (QED) is 0.712. The van der Waals surface area contributed by atoms with Crippen LogP contribution in [0.1, 0.15) is 28.0 Å². The minimum atomic E-state index is -0.307. The van der Waals surface area contributed by atoms with Gasteiger partial charge in [-0.25, -0.2) is 9.97 Å². The number of amides is 1. The zero-order valence-corrected chi connectivity index (χ0v) is 15.7. The molecule has 1 aliphatic rings. The number of hydrogen-bond donors (Lipinski definition) is 1. The van der Waals surface area contributed by atoms with Crippen molar-refractivity contribution in [2.45, 2.75) is 19.8 Å². The Kier molecular flexibility index (Phi) is 4.77. The van der Waals surface area contributed by atoms with E-state index < -0.39 is 0 Å². The van der Waals surface area contributed by atoms with Crippen LogP contribution in [0.4, 0.5) is 17.2 Å². The highest BCUT2D eigenvalue weighted by Gasteiger charge is 2.19. The van der Waals surface area contributed by atoms with Gasteiger partial charge >= 0.3 is 0 Å². The van der Waals surface area contributed by atoms with E-state index in [0.717, 1.165) is 36.5 Å². The van der Waals surface area contributed by atoms with Gasteiger partial charge in [-0.05, 0) is 49.1 Å². The number of aryl methyl sites for hydroxylation is 2. The summed E-state index contributed by atoms with van der Waals surface area (Å²) >= 11 is 6.01. The first-order valence-electron chi connectivity index (χ1n) is 8.87. The summed E-state index contributed by atoms with van der Waals surface area (Å²) in [5.74, 6) is 0.441. The Labute approximate surface area is 163 Å². The second-order valence-corrected chi connectivity index (χ2v) is 6.99. The summed E-state index contributed by atoms with van der Waals surface area (Å²) in [6.07, 6.45) is 5.30. The van der Waals surface area contributed by atoms with E-state index in [-0.39, 0.29) is 11.6 Å². The third-order valence-corrected chi connectivity index (χ3v) is 4.94. The van der Waals surface area contributed by atoms with Gasteiger partial charge in [0.05, 0.1) is 12.4 Å². The standard InChI is InChI=1S/C21H19ClN4O/c1-14-8-9-16(22)11-17(14)25-21(27)18-12-24-20(13-23-18)26-10-4-6-15-5-2-3-7-19(15)26/h2-3,5,7-9,11-13H,4,6,10H2,1H3,(H,25,27). The van der Waals surface area contributed by atoms with Crippen molar-refractivity contribution in [1.82, 2.24) is 9.97 Å². The molecule has 0 saturated heterocycles. The lowest BCUT2D eigenvalue weighted by Crippen LogP contribution is -2.25. The van der Waals surface area contributed by atoms with Crippen molar-refractivity contribution in [2.75, 3.05) is 16.8 Å². The van der Waals surface area contributed by atoms with Gasteiger partial charge in [0.1, 0.15) is 5.69 Å². The number of hydrogen-bond acceptors (Lipinski definition) is 4. The van der Waals surface area contributed by atoms with E-state index in [4.69, 9.17) is 11.6 Å². The second-order valence-electron chi connectivity index (χ2n) is 6.56. The molecule has 0 fully saturated rings. The minimum Gasteiger partial charge on any atom is -0.325 e. The molecule has 2 aromatic carbocycles. The van der Waals surface area contributed by atoms with Crippen LogP contribution in [0, 0.1) is 6.92 Å². The Bertz CT molecular complexity index is 988. The van der Waals surface area contributed by atoms with Gasteiger partial charge in [0, 0.05) is 22.9 Å². The number of nitrogens with one attached hydrogen (secondary N) is 1. The Morgan fingerprint density at radius 2 is 2.00 bits per heavy atom. The maximum Gasteiger partial charge on any atom is 0.275 e. The maximum absolute atomic E-state index is 12.5. The Hall–Kier alpha value is -2.92. The van der Waals surface area contributed by atoms with E-state index in [0.29, 0.717) is 10.7 Å². The average molecular weight is 379 g/mol. The highest BCUT2D eigenvalue weighted by Crippen LogP contribution is 2.31. The molecule has 1 aromatic heterocycles. The minimum absolute atomic E-state index is 0.267. The van der Waals surface area contributed by atoms with Crippen LogP contribution >= 0.6 is 11.6 Å². The lowest BCUT2D eigenvalue weighted by molar-refractivity contribution is 0.102. The number of rotatable bonds is 3. The van der Waals surface area contributed by atoms with Crippen LogP contribution in [0.5, 0.6) is 0 Å². The third-order valence-electron chi connectivity index (χ3n) is 4.71. The molecule has 2 heterocycles. The fraction of sp³-hybridized carbons (Fsp3) is 0.190. The van der Waals surface area contributed by atoms with E-state index in [1.165, 1.54) is 11.8 Å². The van der Waals surface area contributed by atoms with E-state index in [2.05, 4.69) is 38.4 Å². The number of anilines is 3. The van der Waals surface area contributed by atoms with Crippen LogP contribution < -0.4 is 10.2 Å². The summed E-state index contributed by atoms with van der Waals surface area (Å²) in [6, 6.07) is 13.7. The van der Waals surface area contributed by atoms with Crippen LogP contribution in [0.2, 0.25) is 5.02 Å². The van der Waals surface area contributed by atoms with Crippen molar-refractivity contribution in [2.24, 2.45) is 0 Å². The van der Waals surface area contributed by atoms with Crippen molar-refractivity contribution in [3.8, 4) is 0 Å². The molecule has 0 aliphatic carbocycles. The number of halogens is 1. The highest BCUT2D eigenvalue weighted by atomic mass is 35.5. The van der Waals surface area contributed by atoms with E-state index in [9.17, 15) is 4.79 Å². The molecule has 4 rings (SSSR count). The second kappa shape index (κ2) is 7.37. The van der Waals surface area contributed by atoms with Crippen molar-refractivity contribution < 1.29 is 4.79 Å². The number of carbonyl (C=O) groups is 1. The molecule has 0 atom stereocenters. The van der Waals surface area contributed by atoms with Gasteiger partial charge in [-0.2, -0.15) is 0 Å². The van der Waals surface area contributed by atoms with Gasteiger partial charge < -0.3 is 10.2 Å². The van der Waals surface area contributed by atoms with E-state index in [1.807, 2.05) is 19.1 Å². The molecular formula is C21H19ClN4O. The van der Waals surface area contributed by atoms with Gasteiger partial charge in [-0.3, -0.25) is 4.79 Å². The molecule has 136 valence electrons. The first-order valence-corrected chi connectivity index (χ1v) is 9.24. The first kappa shape index (κ1) is 17.5. The van der Waals surface area contributed by atoms with Crippen LogP contribution in [-0.4, -0.2) is 22.4 Å². The van der Waals surface area contributed by atoms with Gasteiger partial charge in [0.2, 0.25) is 0 Å². The van der Waals surface area contributed by atoms with Crippen LogP contribution in [0.15, 0.2) is 54.9 Å². The third kappa shape index (κ3) is 3.64. The predicted octanol–water partition coefficient (Wildman–Crippen LogP) is 4.78. The number of para-hydroxylation sites is 1. The van der Waals surface area contributed by atoms with Crippen LogP contribution in [-0.2, 0) is 6.42 Å². The lowest BCUT2D eigenvalue weighted by atomic mass is 10.0. The van der Waals surface area contributed by atoms with Gasteiger partial charge in [-0.15, -0.1) is 0 Å². The summed E-state index contributed by atoms with van der Waals surface area (Å²) in [5, 5.41) is 3.41. The van der Waals surface area contributed by atoms with Crippen molar-refractivity contribution in [3.05, 3.63) is 76.7 Å². The SMILES string of the molecule is Cc1ccc(Cl)cc1NC(=O)c1cnc(N2CCCc3ccccc32)cn1. The van der Waals surface area contributed by atoms with Gasteiger partial charge in [0.25, 0.3) is 5.91 Å². The molecule has 1 amide bonds. The van der Waals surface area contributed by atoms with Crippen molar-refractivity contribution in [1.29, 1.82) is 0 Å². The molecule has 1 aliphatic heterocycles. The summed E-state index contributed by atoms with van der Waals surface area (Å²) < 4.78 is 0. The monoisotopic (exact) mass is 378 g/mol. The zero-order chi connectivity index (χ0) is 18.8. The number of benzene rings is 2. The van der Waals surface area contributed by atoms with Crippen LogP contribution in [0.3, 0.4) is 0 Å². The van der Waals surface area contributed by atoms with Gasteiger partial charge in [-0.1, -0.05) is 35.9 Å². The zero-order valence-electron chi connectivity index (χ0n) is 14.9. The molecule has 0 spiro atoms. The van der Waals surface area contributed by atoms with Gasteiger partial charge in [0.15, 0.2) is 5.82 Å². The van der Waals surface area contributed by atoms with E-state index >= 15 is 0 Å². The van der Waals surface area contributed by atoms with Crippen LogP contribution in [0.25, 0.3) is 0 Å². The molecule has 0 bridgehead atoms. The number of aromatic nitrogens is 2. The predicted molar refractivity (Wildman–Crippen MR) is 108 cm³/mol. The smallest absolute Gasteiger partial charge is 0.275 e. The molecule has 1 N–H and O–H groups in total. The normalized spacial score (nSPS) is 13.2. The summed E-state index contributed by atoms with van der Waals surface area (Å²) in [6.45, 7) is 2.80. The summed E-state index contributed by atoms with van der Waals surface area (Å²) in [5.41, 5.74) is 4.34. The van der Waals surface area contributed by atoms with Crippen molar-refractivity contribution in [3.63, 3.8) is 0 Å². The molecule has 0 radical (unpaired) electrons. The fourth-order valence-corrected chi connectivity index (χ4v) is 3.44. The summed E-state index contributed by atoms with van der Waals surface area (Å²) in [4.78, 5) is 23.4. The molecule has 3 aromatic rings. The molecule has 27 heavy (non-hydrogen) atoms. The largest absolute Gasteiger partial charge is 0.325 e. The first-order chi connectivity index (χ1) is 13.1. The maximum atomic E-state index is 12.5. The topological polar surface area (TPSA) is 58.1 Å². The molecule has 0 saturated carbocycles. The molecule has 5 nitrogen and oxygen atoms in total. The summed E-state index contributed by atoms with van der Waals surface area (Å²) in [7, 11) is 0. The fourth-order valence-electron chi connectivity index (χ4n) is 3.26. The Balaban J connectivity index is 1.54.